The number of pyridine rings is 1. The minimum atomic E-state index is 0.0659. The fourth-order valence-corrected chi connectivity index (χ4v) is 2.51. The fourth-order valence-electron chi connectivity index (χ4n) is 2.51. The minimum Gasteiger partial charge on any atom is -0.486 e. The highest BCUT2D eigenvalue weighted by Gasteiger charge is 2.16. The molecule has 1 aromatic carbocycles. The number of hydrogen-bond acceptors (Lipinski definition) is 5. The summed E-state index contributed by atoms with van der Waals surface area (Å²) in [7, 11) is 0. The molecule has 0 aliphatic carbocycles. The van der Waals surface area contributed by atoms with Crippen LogP contribution in [0.5, 0.6) is 11.5 Å². The van der Waals surface area contributed by atoms with Gasteiger partial charge in [-0.15, -0.1) is 6.58 Å². The number of aliphatic hydroxyl groups is 1. The van der Waals surface area contributed by atoms with E-state index < -0.39 is 0 Å². The smallest absolute Gasteiger partial charge is 0.162 e. The topological polar surface area (TPSA) is 54.8 Å². The Morgan fingerprint density at radius 2 is 2.05 bits per heavy atom. The van der Waals surface area contributed by atoms with Crippen molar-refractivity contribution in [3.63, 3.8) is 0 Å². The molecule has 3 rings (SSSR count). The van der Waals surface area contributed by atoms with Gasteiger partial charge in [-0.3, -0.25) is 0 Å². The van der Waals surface area contributed by atoms with E-state index in [0.29, 0.717) is 26.3 Å². The van der Waals surface area contributed by atoms with Gasteiger partial charge in [-0.2, -0.15) is 0 Å². The van der Waals surface area contributed by atoms with Crippen molar-refractivity contribution in [2.24, 2.45) is 0 Å². The highest BCUT2D eigenvalue weighted by atomic mass is 16.6. The molecule has 2 aromatic rings. The van der Waals surface area contributed by atoms with Gasteiger partial charge in [0.25, 0.3) is 0 Å². The van der Waals surface area contributed by atoms with Gasteiger partial charge in [-0.05, 0) is 23.6 Å². The summed E-state index contributed by atoms with van der Waals surface area (Å²) in [6.07, 6.45) is 3.56. The van der Waals surface area contributed by atoms with Crippen LogP contribution >= 0.6 is 0 Å². The first-order valence-electron chi connectivity index (χ1n) is 6.98. The van der Waals surface area contributed by atoms with Gasteiger partial charge in [-0.25, -0.2) is 4.98 Å². The number of benzene rings is 1. The van der Waals surface area contributed by atoms with Crippen LogP contribution in [-0.2, 0) is 0 Å². The number of aliphatic hydroxyl groups excluding tert-OH is 1. The average molecular weight is 286 g/mol. The lowest BCUT2D eigenvalue weighted by Crippen LogP contribution is -2.27. The Morgan fingerprint density at radius 3 is 2.76 bits per heavy atom. The van der Waals surface area contributed by atoms with Crippen LogP contribution in [0, 0.1) is 0 Å². The van der Waals surface area contributed by atoms with E-state index in [-0.39, 0.29) is 6.61 Å². The van der Waals surface area contributed by atoms with Crippen molar-refractivity contribution in [2.45, 2.75) is 0 Å². The monoisotopic (exact) mass is 286 g/mol. The van der Waals surface area contributed by atoms with E-state index in [1.165, 1.54) is 0 Å². The molecule has 0 saturated carbocycles. The molecule has 1 aliphatic rings. The molecule has 1 N–H and O–H groups in total. The van der Waals surface area contributed by atoms with Crippen LogP contribution in [-0.4, -0.2) is 43.0 Å². The van der Waals surface area contributed by atoms with Crippen molar-refractivity contribution in [3.8, 4) is 11.5 Å². The molecule has 110 valence electrons. The number of ether oxygens (including phenoxy) is 2. The van der Waals surface area contributed by atoms with E-state index in [0.717, 1.165) is 28.1 Å². The van der Waals surface area contributed by atoms with Crippen LogP contribution in [0.1, 0.15) is 0 Å². The molecule has 0 amide bonds. The number of nitrogens with zero attached hydrogens (tertiary/aromatic N) is 2. The van der Waals surface area contributed by atoms with Crippen molar-refractivity contribution in [2.75, 3.05) is 37.8 Å². The summed E-state index contributed by atoms with van der Waals surface area (Å²) >= 11 is 0. The second-order valence-corrected chi connectivity index (χ2v) is 4.81. The van der Waals surface area contributed by atoms with Gasteiger partial charge in [0.15, 0.2) is 11.5 Å². The predicted octanol–water partition coefficient (Wildman–Crippen LogP) is 1.99. The van der Waals surface area contributed by atoms with E-state index in [9.17, 15) is 5.11 Å². The number of hydrogen-bond donors (Lipinski definition) is 1. The fraction of sp³-hybridized carbons (Fsp3) is 0.312. The minimum absolute atomic E-state index is 0.0659. The summed E-state index contributed by atoms with van der Waals surface area (Å²) in [5.74, 6) is 2.33. The molecule has 0 atom stereocenters. The largest absolute Gasteiger partial charge is 0.486 e. The first-order chi connectivity index (χ1) is 10.3. The molecular weight excluding hydrogens is 268 g/mol. The Morgan fingerprint density at radius 1 is 1.29 bits per heavy atom. The summed E-state index contributed by atoms with van der Waals surface area (Å²) in [6, 6.07) is 5.88. The third kappa shape index (κ3) is 2.64. The van der Waals surface area contributed by atoms with Gasteiger partial charge in [0.05, 0.1) is 6.61 Å². The Kier molecular flexibility index (Phi) is 3.92. The van der Waals surface area contributed by atoms with E-state index in [1.54, 1.807) is 12.3 Å². The highest BCUT2D eigenvalue weighted by Crippen LogP contribution is 2.37. The Balaban J connectivity index is 2.11. The molecule has 0 spiro atoms. The average Bonchev–Trinajstić information content (AvgIpc) is 2.52. The molecule has 0 bridgehead atoms. The lowest BCUT2D eigenvalue weighted by Gasteiger charge is -2.24. The Hall–Kier alpha value is -2.27. The number of anilines is 1. The zero-order valence-electron chi connectivity index (χ0n) is 11.8. The zero-order chi connectivity index (χ0) is 14.7. The maximum Gasteiger partial charge on any atom is 0.162 e. The van der Waals surface area contributed by atoms with E-state index in [4.69, 9.17) is 9.47 Å². The Labute approximate surface area is 123 Å². The third-order valence-corrected chi connectivity index (χ3v) is 3.43. The SMILES string of the molecule is C=CCN(CCO)c1nccc2cc3c(cc12)OCCO3. The van der Waals surface area contributed by atoms with Gasteiger partial charge in [0, 0.05) is 24.7 Å². The van der Waals surface area contributed by atoms with E-state index >= 15 is 0 Å². The van der Waals surface area contributed by atoms with Gasteiger partial charge < -0.3 is 19.5 Å². The predicted molar refractivity (Wildman–Crippen MR) is 82.2 cm³/mol. The lowest BCUT2D eigenvalue weighted by atomic mass is 10.1. The van der Waals surface area contributed by atoms with Crippen LogP contribution in [0.15, 0.2) is 37.1 Å². The lowest BCUT2D eigenvalue weighted by molar-refractivity contribution is 0.172. The molecule has 0 unspecified atom stereocenters. The second kappa shape index (κ2) is 6.01. The summed E-state index contributed by atoms with van der Waals surface area (Å²) in [4.78, 5) is 6.46. The van der Waals surface area contributed by atoms with Crippen LogP contribution in [0.4, 0.5) is 5.82 Å². The van der Waals surface area contributed by atoms with Crippen molar-refractivity contribution in [1.82, 2.24) is 4.98 Å². The molecule has 1 aromatic heterocycles. The molecule has 0 saturated heterocycles. The van der Waals surface area contributed by atoms with Gasteiger partial charge >= 0.3 is 0 Å². The molecular formula is C16H18N2O3. The first kappa shape index (κ1) is 13.7. The van der Waals surface area contributed by atoms with E-state index in [1.807, 2.05) is 23.1 Å². The van der Waals surface area contributed by atoms with Crippen LogP contribution in [0.3, 0.4) is 0 Å². The van der Waals surface area contributed by atoms with Crippen molar-refractivity contribution in [1.29, 1.82) is 0 Å². The van der Waals surface area contributed by atoms with Crippen LogP contribution < -0.4 is 14.4 Å². The summed E-state index contributed by atoms with van der Waals surface area (Å²) in [5.41, 5.74) is 0. The normalized spacial score (nSPS) is 13.2. The molecule has 5 heteroatoms. The Bertz CT molecular complexity index is 657. The summed E-state index contributed by atoms with van der Waals surface area (Å²) in [6.45, 7) is 6.09. The quantitative estimate of drug-likeness (QED) is 0.852. The standard InChI is InChI=1S/C16H18N2O3/c1-2-5-18(6-7-19)16-13-11-15-14(20-8-9-21-15)10-12(13)3-4-17-16/h2-4,10-11,19H,1,5-9H2. The molecule has 2 heterocycles. The highest BCUT2D eigenvalue weighted by molar-refractivity contribution is 5.94. The van der Waals surface area contributed by atoms with Crippen molar-refractivity contribution in [3.05, 3.63) is 37.1 Å². The van der Waals surface area contributed by atoms with Crippen molar-refractivity contribution >= 4 is 16.6 Å². The third-order valence-electron chi connectivity index (χ3n) is 3.43. The molecule has 0 radical (unpaired) electrons. The van der Waals surface area contributed by atoms with Crippen LogP contribution in [0.2, 0.25) is 0 Å². The number of fused-ring (bicyclic) bond motifs is 2. The number of rotatable bonds is 5. The molecule has 5 nitrogen and oxygen atoms in total. The van der Waals surface area contributed by atoms with Crippen molar-refractivity contribution < 1.29 is 14.6 Å². The zero-order valence-corrected chi connectivity index (χ0v) is 11.8. The maximum atomic E-state index is 9.24. The summed E-state index contributed by atoms with van der Waals surface area (Å²) in [5, 5.41) is 11.3. The molecule has 1 aliphatic heterocycles. The number of aromatic nitrogens is 1. The van der Waals surface area contributed by atoms with Crippen LogP contribution in [0.25, 0.3) is 10.8 Å². The first-order valence-corrected chi connectivity index (χ1v) is 6.98. The van der Waals surface area contributed by atoms with Gasteiger partial charge in [-0.1, -0.05) is 6.08 Å². The molecule has 0 fully saturated rings. The summed E-state index contributed by atoms with van der Waals surface area (Å²) < 4.78 is 11.3. The maximum absolute atomic E-state index is 9.24. The van der Waals surface area contributed by atoms with E-state index in [2.05, 4.69) is 11.6 Å². The van der Waals surface area contributed by atoms with Gasteiger partial charge in [0.2, 0.25) is 0 Å². The molecule has 21 heavy (non-hydrogen) atoms. The second-order valence-electron chi connectivity index (χ2n) is 4.81. The van der Waals surface area contributed by atoms with Gasteiger partial charge in [0.1, 0.15) is 19.0 Å².